The Balaban J connectivity index is 1.87. The van der Waals surface area contributed by atoms with Crippen LogP contribution in [0.3, 0.4) is 0 Å². The lowest BCUT2D eigenvalue weighted by molar-refractivity contribution is -0.151. The molecule has 1 fully saturated rings. The first-order valence-electron chi connectivity index (χ1n) is 7.07. The number of fused-ring (bicyclic) bond motifs is 1. The number of nitrogens with zero attached hydrogens (tertiary/aromatic N) is 4. The van der Waals surface area contributed by atoms with E-state index in [-0.39, 0.29) is 0 Å². The summed E-state index contributed by atoms with van der Waals surface area (Å²) in [5.74, 6) is -0.0618. The molecule has 1 N–H and O–H groups in total. The first-order chi connectivity index (χ1) is 10.1. The maximum atomic E-state index is 11.7. The zero-order valence-corrected chi connectivity index (χ0v) is 12.7. The van der Waals surface area contributed by atoms with E-state index in [0.29, 0.717) is 23.8 Å². The summed E-state index contributed by atoms with van der Waals surface area (Å²) in [7, 11) is 1.59. The minimum absolute atomic E-state index is 0.342. The van der Waals surface area contributed by atoms with Gasteiger partial charge in [0.25, 0.3) is 0 Å². The minimum atomic E-state index is -0.703. The number of ether oxygens (including phenoxy) is 1. The molecule has 1 aliphatic rings. The molecule has 8 heteroatoms. The number of methoxy groups -OCH3 is 1. The van der Waals surface area contributed by atoms with Gasteiger partial charge in [-0.15, -0.1) is 10.2 Å². The lowest BCUT2D eigenvalue weighted by atomic mass is 9.72. The van der Waals surface area contributed by atoms with Crippen molar-refractivity contribution in [2.45, 2.75) is 45.1 Å². The maximum Gasteiger partial charge on any atom is 0.310 e. The van der Waals surface area contributed by atoms with Crippen molar-refractivity contribution < 1.29 is 14.6 Å². The van der Waals surface area contributed by atoms with E-state index in [1.165, 1.54) is 11.3 Å². The molecule has 0 saturated heterocycles. The molecule has 2 heterocycles. The second-order valence-corrected chi connectivity index (χ2v) is 6.60. The first kappa shape index (κ1) is 14.4. The smallest absolute Gasteiger partial charge is 0.310 e. The quantitative estimate of drug-likeness (QED) is 0.907. The summed E-state index contributed by atoms with van der Waals surface area (Å²) in [6.07, 6.45) is 5.01. The van der Waals surface area contributed by atoms with E-state index >= 15 is 0 Å². The summed E-state index contributed by atoms with van der Waals surface area (Å²) in [5, 5.41) is 23.0. The Morgan fingerprint density at radius 3 is 2.81 bits per heavy atom. The van der Waals surface area contributed by atoms with Crippen molar-refractivity contribution in [2.24, 2.45) is 5.41 Å². The monoisotopic (exact) mass is 310 g/mol. The van der Waals surface area contributed by atoms with Crippen LogP contribution < -0.4 is 0 Å². The third-order valence-electron chi connectivity index (χ3n) is 4.12. The number of carboxylic acids is 1. The van der Waals surface area contributed by atoms with Gasteiger partial charge in [-0.25, -0.2) is 0 Å². The van der Waals surface area contributed by atoms with Crippen molar-refractivity contribution in [1.29, 1.82) is 0 Å². The van der Waals surface area contributed by atoms with Gasteiger partial charge in [-0.2, -0.15) is 9.61 Å². The van der Waals surface area contributed by atoms with Gasteiger partial charge in [-0.1, -0.05) is 30.6 Å². The highest BCUT2D eigenvalue weighted by Gasteiger charge is 2.40. The van der Waals surface area contributed by atoms with Crippen LogP contribution in [0.15, 0.2) is 0 Å². The first-order valence-corrected chi connectivity index (χ1v) is 7.89. The van der Waals surface area contributed by atoms with Crippen molar-refractivity contribution in [3.8, 4) is 0 Å². The van der Waals surface area contributed by atoms with Gasteiger partial charge in [0.05, 0.1) is 5.41 Å². The van der Waals surface area contributed by atoms with E-state index in [1.807, 2.05) is 0 Å². The molecule has 0 unspecified atom stereocenters. The summed E-state index contributed by atoms with van der Waals surface area (Å²) < 4.78 is 6.71. The highest BCUT2D eigenvalue weighted by atomic mass is 32.1. The Labute approximate surface area is 125 Å². The Bertz CT molecular complexity index is 645. The highest BCUT2D eigenvalue weighted by Crippen LogP contribution is 2.40. The number of carboxylic acid groups (broad SMARTS) is 1. The Morgan fingerprint density at radius 1 is 1.38 bits per heavy atom. The van der Waals surface area contributed by atoms with E-state index in [0.717, 1.165) is 37.1 Å². The number of aliphatic carboxylic acids is 1. The van der Waals surface area contributed by atoms with E-state index in [9.17, 15) is 9.90 Å². The van der Waals surface area contributed by atoms with E-state index in [2.05, 4.69) is 15.3 Å². The van der Waals surface area contributed by atoms with Crippen LogP contribution in [-0.2, 0) is 22.6 Å². The average molecular weight is 310 g/mol. The number of hydrogen-bond donors (Lipinski definition) is 1. The second kappa shape index (κ2) is 5.69. The van der Waals surface area contributed by atoms with Crippen LogP contribution in [0.2, 0.25) is 0 Å². The Hall–Kier alpha value is -1.54. The third-order valence-corrected chi connectivity index (χ3v) is 5.02. The molecule has 3 rings (SSSR count). The zero-order valence-electron chi connectivity index (χ0n) is 11.9. The normalized spacial score (nSPS) is 18.1. The second-order valence-electron chi connectivity index (χ2n) is 5.56. The fraction of sp³-hybridized carbons (Fsp3) is 0.692. The van der Waals surface area contributed by atoms with Crippen molar-refractivity contribution in [3.05, 3.63) is 10.8 Å². The van der Waals surface area contributed by atoms with Crippen molar-refractivity contribution in [1.82, 2.24) is 19.8 Å². The average Bonchev–Trinajstić information content (AvgIpc) is 3.02. The summed E-state index contributed by atoms with van der Waals surface area (Å²) in [5.41, 5.74) is -0.664. The van der Waals surface area contributed by atoms with Crippen LogP contribution in [0, 0.1) is 5.41 Å². The predicted octanol–water partition coefficient (Wildman–Crippen LogP) is 1.91. The van der Waals surface area contributed by atoms with Crippen LogP contribution >= 0.6 is 11.3 Å². The SMILES string of the molecule is COCc1nnc2sc(CC3(C(=O)O)CCCCC3)nn12. The largest absolute Gasteiger partial charge is 0.481 e. The summed E-state index contributed by atoms with van der Waals surface area (Å²) in [4.78, 5) is 12.4. The van der Waals surface area contributed by atoms with Crippen molar-refractivity contribution in [2.75, 3.05) is 7.11 Å². The van der Waals surface area contributed by atoms with Crippen LogP contribution in [0.5, 0.6) is 0 Å². The number of hydrogen-bond acceptors (Lipinski definition) is 6. The molecule has 0 atom stereocenters. The maximum absolute atomic E-state index is 11.7. The predicted molar refractivity (Wildman–Crippen MR) is 76.2 cm³/mol. The molecule has 2 aromatic heterocycles. The van der Waals surface area contributed by atoms with E-state index < -0.39 is 11.4 Å². The molecular formula is C13H18N4O3S. The van der Waals surface area contributed by atoms with Gasteiger partial charge in [0.15, 0.2) is 5.82 Å². The topological polar surface area (TPSA) is 89.6 Å². The Morgan fingerprint density at radius 2 is 2.14 bits per heavy atom. The lowest BCUT2D eigenvalue weighted by Crippen LogP contribution is -2.35. The third kappa shape index (κ3) is 2.65. The van der Waals surface area contributed by atoms with Gasteiger partial charge < -0.3 is 9.84 Å². The minimum Gasteiger partial charge on any atom is -0.481 e. The van der Waals surface area contributed by atoms with Crippen molar-refractivity contribution >= 4 is 22.3 Å². The number of aromatic nitrogens is 4. The van der Waals surface area contributed by atoms with Gasteiger partial charge in [0.1, 0.15) is 11.6 Å². The number of rotatable bonds is 5. The molecule has 1 aliphatic carbocycles. The zero-order chi connectivity index (χ0) is 14.9. The molecule has 0 amide bonds. The molecule has 0 spiro atoms. The van der Waals surface area contributed by atoms with Gasteiger partial charge in [0.2, 0.25) is 4.96 Å². The summed E-state index contributed by atoms with van der Waals surface area (Å²) in [6.45, 7) is 0.342. The number of carbonyl (C=O) groups is 1. The molecule has 0 bridgehead atoms. The van der Waals surface area contributed by atoms with Gasteiger partial charge >= 0.3 is 5.97 Å². The molecule has 21 heavy (non-hydrogen) atoms. The van der Waals surface area contributed by atoms with Gasteiger partial charge in [0, 0.05) is 13.5 Å². The molecule has 1 saturated carbocycles. The summed E-state index contributed by atoms with van der Waals surface area (Å²) in [6, 6.07) is 0. The molecule has 0 aromatic carbocycles. The van der Waals surface area contributed by atoms with Gasteiger partial charge in [-0.3, -0.25) is 4.79 Å². The van der Waals surface area contributed by atoms with Crippen molar-refractivity contribution in [3.63, 3.8) is 0 Å². The molecule has 114 valence electrons. The van der Waals surface area contributed by atoms with Crippen LogP contribution in [0.25, 0.3) is 4.96 Å². The molecule has 7 nitrogen and oxygen atoms in total. The van der Waals surface area contributed by atoms with E-state index in [1.54, 1.807) is 11.6 Å². The highest BCUT2D eigenvalue weighted by molar-refractivity contribution is 7.16. The molecular weight excluding hydrogens is 292 g/mol. The Kier molecular flexibility index (Phi) is 3.90. The summed E-state index contributed by atoms with van der Waals surface area (Å²) >= 11 is 1.41. The molecule has 0 radical (unpaired) electrons. The van der Waals surface area contributed by atoms with Crippen LogP contribution in [0.1, 0.15) is 42.9 Å². The standard InChI is InChI=1S/C13H18N4O3S/c1-20-8-9-14-15-12-17(9)16-10(21-12)7-13(11(18)19)5-3-2-4-6-13/h2-8H2,1H3,(H,18,19). The lowest BCUT2D eigenvalue weighted by Gasteiger charge is -2.32. The molecule has 2 aromatic rings. The van der Waals surface area contributed by atoms with Crippen LogP contribution in [-0.4, -0.2) is 38.0 Å². The fourth-order valence-corrected chi connectivity index (χ4v) is 3.97. The van der Waals surface area contributed by atoms with Gasteiger partial charge in [-0.05, 0) is 12.8 Å². The van der Waals surface area contributed by atoms with E-state index in [4.69, 9.17) is 4.74 Å². The molecule has 0 aliphatic heterocycles. The fourth-order valence-electron chi connectivity index (χ4n) is 2.97. The van der Waals surface area contributed by atoms with Crippen LogP contribution in [0.4, 0.5) is 0 Å².